The van der Waals surface area contributed by atoms with Gasteiger partial charge in [0.1, 0.15) is 11.6 Å². The van der Waals surface area contributed by atoms with Crippen LogP contribution in [0.3, 0.4) is 0 Å². The van der Waals surface area contributed by atoms with Gasteiger partial charge in [-0.05, 0) is 32.1 Å². The van der Waals surface area contributed by atoms with Crippen molar-refractivity contribution >= 4 is 5.82 Å². The summed E-state index contributed by atoms with van der Waals surface area (Å²) in [6.07, 6.45) is 11.4. The van der Waals surface area contributed by atoms with Gasteiger partial charge < -0.3 is 10.1 Å². The van der Waals surface area contributed by atoms with Gasteiger partial charge in [0.25, 0.3) is 0 Å². The van der Waals surface area contributed by atoms with Crippen molar-refractivity contribution < 1.29 is 4.74 Å². The Kier molecular flexibility index (Phi) is 4.94. The van der Waals surface area contributed by atoms with E-state index in [-0.39, 0.29) is 0 Å². The molecule has 0 amide bonds. The van der Waals surface area contributed by atoms with Gasteiger partial charge in [-0.1, -0.05) is 32.6 Å². The molecular formula is C17H27N3O. The summed E-state index contributed by atoms with van der Waals surface area (Å²) in [7, 11) is 0. The molecule has 0 spiro atoms. The lowest BCUT2D eigenvalue weighted by Gasteiger charge is -2.18. The van der Waals surface area contributed by atoms with Crippen molar-refractivity contribution in [3.63, 3.8) is 0 Å². The second-order valence-corrected chi connectivity index (χ2v) is 6.41. The number of hydrogen-bond acceptors (Lipinski definition) is 4. The highest BCUT2D eigenvalue weighted by atomic mass is 16.5. The summed E-state index contributed by atoms with van der Waals surface area (Å²) in [6.45, 7) is 2.84. The molecular weight excluding hydrogens is 262 g/mol. The van der Waals surface area contributed by atoms with Crippen molar-refractivity contribution in [3.8, 4) is 5.88 Å². The van der Waals surface area contributed by atoms with Crippen molar-refractivity contribution in [3.05, 3.63) is 11.9 Å². The van der Waals surface area contributed by atoms with Gasteiger partial charge in [-0.15, -0.1) is 0 Å². The van der Waals surface area contributed by atoms with Gasteiger partial charge in [-0.2, -0.15) is 4.98 Å². The molecule has 0 aromatic carbocycles. The Morgan fingerprint density at radius 1 is 1.10 bits per heavy atom. The first-order valence-electron chi connectivity index (χ1n) is 8.63. The zero-order valence-electron chi connectivity index (χ0n) is 13.1. The molecule has 0 saturated heterocycles. The van der Waals surface area contributed by atoms with E-state index < -0.39 is 0 Å². The van der Waals surface area contributed by atoms with Gasteiger partial charge in [-0.25, -0.2) is 4.98 Å². The van der Waals surface area contributed by atoms with Crippen LogP contribution in [0.4, 0.5) is 5.82 Å². The monoisotopic (exact) mass is 289 g/mol. The van der Waals surface area contributed by atoms with Gasteiger partial charge >= 0.3 is 0 Å². The van der Waals surface area contributed by atoms with Crippen LogP contribution in [-0.2, 0) is 0 Å². The zero-order chi connectivity index (χ0) is 14.5. The molecule has 2 fully saturated rings. The van der Waals surface area contributed by atoms with Crippen molar-refractivity contribution in [1.82, 2.24) is 9.97 Å². The molecule has 4 heteroatoms. The maximum Gasteiger partial charge on any atom is 0.218 e. The fourth-order valence-corrected chi connectivity index (χ4v) is 2.95. The SMILES string of the molecule is CCCOc1cc(NC2CCCCCC2)nc(C2CC2)n1. The van der Waals surface area contributed by atoms with E-state index in [1.54, 1.807) is 0 Å². The van der Waals surface area contributed by atoms with Gasteiger partial charge in [0.05, 0.1) is 6.61 Å². The maximum absolute atomic E-state index is 5.74. The summed E-state index contributed by atoms with van der Waals surface area (Å²) in [5.74, 6) is 3.24. The van der Waals surface area contributed by atoms with Crippen LogP contribution in [0.2, 0.25) is 0 Å². The minimum absolute atomic E-state index is 0.560. The lowest BCUT2D eigenvalue weighted by Crippen LogP contribution is -2.19. The molecule has 1 N–H and O–H groups in total. The Labute approximate surface area is 127 Å². The maximum atomic E-state index is 5.74. The summed E-state index contributed by atoms with van der Waals surface area (Å²) in [6, 6.07) is 2.54. The highest BCUT2D eigenvalue weighted by Gasteiger charge is 2.28. The lowest BCUT2D eigenvalue weighted by molar-refractivity contribution is 0.303. The van der Waals surface area contributed by atoms with Gasteiger partial charge in [0.2, 0.25) is 5.88 Å². The molecule has 2 aliphatic carbocycles. The van der Waals surface area contributed by atoms with E-state index in [0.29, 0.717) is 12.0 Å². The molecule has 2 saturated carbocycles. The first-order chi connectivity index (χ1) is 10.3. The van der Waals surface area contributed by atoms with Gasteiger partial charge in [0.15, 0.2) is 0 Å². The van der Waals surface area contributed by atoms with E-state index >= 15 is 0 Å². The van der Waals surface area contributed by atoms with Gasteiger partial charge in [0, 0.05) is 18.0 Å². The predicted molar refractivity (Wildman–Crippen MR) is 84.9 cm³/mol. The topological polar surface area (TPSA) is 47.0 Å². The number of rotatable bonds is 6. The quantitative estimate of drug-likeness (QED) is 0.794. The second-order valence-electron chi connectivity index (χ2n) is 6.41. The number of anilines is 1. The van der Waals surface area contributed by atoms with E-state index in [9.17, 15) is 0 Å². The highest BCUT2D eigenvalue weighted by molar-refractivity contribution is 5.40. The average molecular weight is 289 g/mol. The molecule has 0 radical (unpaired) electrons. The molecule has 21 heavy (non-hydrogen) atoms. The largest absolute Gasteiger partial charge is 0.478 e. The molecule has 0 atom stereocenters. The summed E-state index contributed by atoms with van der Waals surface area (Å²) < 4.78 is 5.74. The van der Waals surface area contributed by atoms with Crippen molar-refractivity contribution in [2.75, 3.05) is 11.9 Å². The van der Waals surface area contributed by atoms with Crippen LogP contribution in [0.25, 0.3) is 0 Å². The van der Waals surface area contributed by atoms with Crippen LogP contribution in [-0.4, -0.2) is 22.6 Å². The van der Waals surface area contributed by atoms with Crippen LogP contribution >= 0.6 is 0 Å². The smallest absolute Gasteiger partial charge is 0.218 e. The summed E-state index contributed by atoms with van der Waals surface area (Å²) in [4.78, 5) is 9.30. The molecule has 2 aliphatic rings. The van der Waals surface area contributed by atoms with E-state index in [1.807, 2.05) is 6.07 Å². The minimum atomic E-state index is 0.560. The van der Waals surface area contributed by atoms with E-state index in [0.717, 1.165) is 30.5 Å². The molecule has 1 aromatic heterocycles. The standard InChI is InChI=1S/C17H27N3O/c1-2-11-21-16-12-15(19-17(20-16)13-9-10-13)18-14-7-5-3-4-6-8-14/h12-14H,2-11H2,1H3,(H,18,19,20). The Balaban J connectivity index is 1.71. The lowest BCUT2D eigenvalue weighted by atomic mass is 10.1. The fourth-order valence-electron chi connectivity index (χ4n) is 2.95. The third kappa shape index (κ3) is 4.32. The average Bonchev–Trinajstić information content (AvgIpc) is 3.32. The Bertz CT molecular complexity index is 451. The number of nitrogens with zero attached hydrogens (tertiary/aromatic N) is 2. The Hall–Kier alpha value is -1.32. The zero-order valence-corrected chi connectivity index (χ0v) is 13.1. The molecule has 0 bridgehead atoms. The second kappa shape index (κ2) is 7.10. The molecule has 4 nitrogen and oxygen atoms in total. The molecule has 116 valence electrons. The Morgan fingerprint density at radius 2 is 1.86 bits per heavy atom. The normalized spacial score (nSPS) is 20.0. The van der Waals surface area contributed by atoms with Crippen molar-refractivity contribution in [1.29, 1.82) is 0 Å². The fraction of sp³-hybridized carbons (Fsp3) is 0.765. The Morgan fingerprint density at radius 3 is 2.52 bits per heavy atom. The molecule has 0 unspecified atom stereocenters. The number of ether oxygens (including phenoxy) is 1. The highest BCUT2D eigenvalue weighted by Crippen LogP contribution is 2.39. The number of aromatic nitrogens is 2. The number of nitrogens with one attached hydrogen (secondary N) is 1. The van der Waals surface area contributed by atoms with Crippen LogP contribution in [0.15, 0.2) is 6.07 Å². The van der Waals surface area contributed by atoms with Crippen LogP contribution < -0.4 is 10.1 Å². The van der Waals surface area contributed by atoms with Crippen LogP contribution in [0.1, 0.15) is 76.5 Å². The van der Waals surface area contributed by atoms with E-state index in [2.05, 4.69) is 17.2 Å². The summed E-state index contributed by atoms with van der Waals surface area (Å²) in [5.41, 5.74) is 0. The third-order valence-electron chi connectivity index (χ3n) is 4.32. The van der Waals surface area contributed by atoms with Crippen molar-refractivity contribution in [2.24, 2.45) is 0 Å². The first-order valence-corrected chi connectivity index (χ1v) is 8.63. The third-order valence-corrected chi connectivity index (χ3v) is 4.32. The van der Waals surface area contributed by atoms with Crippen LogP contribution in [0.5, 0.6) is 5.88 Å². The molecule has 1 aromatic rings. The molecule has 3 rings (SSSR count). The first kappa shape index (κ1) is 14.6. The van der Waals surface area contributed by atoms with Gasteiger partial charge in [-0.3, -0.25) is 0 Å². The number of hydrogen-bond donors (Lipinski definition) is 1. The molecule has 0 aliphatic heterocycles. The summed E-state index contributed by atoms with van der Waals surface area (Å²) >= 11 is 0. The predicted octanol–water partition coefficient (Wildman–Crippen LogP) is 4.28. The van der Waals surface area contributed by atoms with E-state index in [4.69, 9.17) is 9.72 Å². The minimum Gasteiger partial charge on any atom is -0.478 e. The summed E-state index contributed by atoms with van der Waals surface area (Å²) in [5, 5.41) is 3.63. The van der Waals surface area contributed by atoms with Crippen LogP contribution in [0, 0.1) is 0 Å². The van der Waals surface area contributed by atoms with E-state index in [1.165, 1.54) is 51.4 Å². The van der Waals surface area contributed by atoms with Crippen molar-refractivity contribution in [2.45, 2.75) is 76.7 Å². The molecule has 1 heterocycles.